The van der Waals surface area contributed by atoms with Crippen LogP contribution in [0.3, 0.4) is 0 Å². The maximum atomic E-state index is 11.2. The van der Waals surface area contributed by atoms with Gasteiger partial charge in [-0.2, -0.15) is 0 Å². The lowest BCUT2D eigenvalue weighted by molar-refractivity contribution is -0.140. The van der Waals surface area contributed by atoms with Crippen molar-refractivity contribution in [1.82, 2.24) is 5.32 Å². The summed E-state index contributed by atoms with van der Waals surface area (Å²) in [7, 11) is 0. The second-order valence-electron chi connectivity index (χ2n) is 5.71. The molecular formula is C14H27NO2. The van der Waals surface area contributed by atoms with Crippen molar-refractivity contribution in [3.63, 3.8) is 0 Å². The summed E-state index contributed by atoms with van der Waals surface area (Å²) in [5, 5.41) is 12.5. The van der Waals surface area contributed by atoms with Crippen LogP contribution in [0.1, 0.15) is 59.3 Å². The zero-order valence-corrected chi connectivity index (χ0v) is 11.4. The molecule has 3 atom stereocenters. The topological polar surface area (TPSA) is 49.3 Å². The molecule has 0 saturated heterocycles. The minimum absolute atomic E-state index is 0.151. The van der Waals surface area contributed by atoms with E-state index in [0.717, 1.165) is 18.8 Å². The Balaban J connectivity index is 2.47. The average molecular weight is 241 g/mol. The molecule has 1 saturated carbocycles. The maximum Gasteiger partial charge on any atom is 0.320 e. The summed E-state index contributed by atoms with van der Waals surface area (Å²) in [4.78, 5) is 11.2. The second-order valence-corrected chi connectivity index (χ2v) is 5.71. The van der Waals surface area contributed by atoms with Gasteiger partial charge in [0.25, 0.3) is 0 Å². The Kier molecular flexibility index (Phi) is 5.96. The monoisotopic (exact) mass is 241 g/mol. The lowest BCUT2D eigenvalue weighted by Gasteiger charge is -2.24. The Labute approximate surface area is 105 Å². The summed E-state index contributed by atoms with van der Waals surface area (Å²) in [6, 6.07) is 0.00762. The molecule has 1 fully saturated rings. The highest BCUT2D eigenvalue weighted by Crippen LogP contribution is 2.26. The van der Waals surface area contributed by atoms with E-state index >= 15 is 0 Å². The third-order valence-corrected chi connectivity index (χ3v) is 4.01. The van der Waals surface area contributed by atoms with E-state index in [1.54, 1.807) is 0 Å². The van der Waals surface area contributed by atoms with Crippen molar-refractivity contribution in [3.05, 3.63) is 0 Å². The Hall–Kier alpha value is -0.570. The van der Waals surface area contributed by atoms with Gasteiger partial charge in [0, 0.05) is 6.04 Å². The average Bonchev–Trinajstić information content (AvgIpc) is 2.49. The van der Waals surface area contributed by atoms with Crippen LogP contribution in [0, 0.1) is 11.8 Å². The van der Waals surface area contributed by atoms with E-state index in [1.807, 2.05) is 13.8 Å². The first-order chi connectivity index (χ1) is 8.04. The molecule has 3 unspecified atom stereocenters. The molecule has 0 aromatic rings. The molecule has 0 aromatic heterocycles. The normalized spacial score (nSPS) is 27.8. The van der Waals surface area contributed by atoms with Crippen LogP contribution in [0.4, 0.5) is 0 Å². The van der Waals surface area contributed by atoms with E-state index in [9.17, 15) is 9.90 Å². The van der Waals surface area contributed by atoms with Crippen LogP contribution >= 0.6 is 0 Å². The number of carboxylic acid groups (broad SMARTS) is 1. The molecule has 0 amide bonds. The van der Waals surface area contributed by atoms with E-state index < -0.39 is 12.0 Å². The van der Waals surface area contributed by atoms with Crippen LogP contribution < -0.4 is 5.32 Å². The summed E-state index contributed by atoms with van der Waals surface area (Å²) < 4.78 is 0. The van der Waals surface area contributed by atoms with Gasteiger partial charge < -0.3 is 10.4 Å². The molecule has 0 aliphatic heterocycles. The fourth-order valence-electron chi connectivity index (χ4n) is 2.76. The molecule has 1 aliphatic carbocycles. The van der Waals surface area contributed by atoms with Gasteiger partial charge in [-0.15, -0.1) is 0 Å². The number of rotatable bonds is 5. The number of carboxylic acids is 1. The molecular weight excluding hydrogens is 214 g/mol. The summed E-state index contributed by atoms with van der Waals surface area (Å²) in [5.74, 6) is 0.290. The number of hydrogen-bond donors (Lipinski definition) is 2. The molecule has 3 heteroatoms. The predicted octanol–water partition coefficient (Wildman–Crippen LogP) is 3.04. The Bertz CT molecular complexity index is 240. The third-order valence-electron chi connectivity index (χ3n) is 4.01. The van der Waals surface area contributed by atoms with Gasteiger partial charge in [0.1, 0.15) is 6.04 Å². The van der Waals surface area contributed by atoms with Gasteiger partial charge in [-0.25, -0.2) is 0 Å². The Morgan fingerprint density at radius 1 is 1.29 bits per heavy atom. The Morgan fingerprint density at radius 2 is 2.00 bits per heavy atom. The van der Waals surface area contributed by atoms with Gasteiger partial charge in [0.05, 0.1) is 0 Å². The minimum atomic E-state index is -0.712. The quantitative estimate of drug-likeness (QED) is 0.727. The summed E-state index contributed by atoms with van der Waals surface area (Å²) >= 11 is 0. The zero-order chi connectivity index (χ0) is 12.8. The zero-order valence-electron chi connectivity index (χ0n) is 11.4. The highest BCUT2D eigenvalue weighted by Gasteiger charge is 2.26. The summed E-state index contributed by atoms with van der Waals surface area (Å²) in [6.45, 7) is 6.20. The largest absolute Gasteiger partial charge is 0.480 e. The molecule has 0 heterocycles. The number of hydrogen-bond acceptors (Lipinski definition) is 2. The lowest BCUT2D eigenvalue weighted by atomic mass is 9.97. The van der Waals surface area contributed by atoms with Crippen LogP contribution in [0.25, 0.3) is 0 Å². The SMILES string of the molecule is CCC1CCCC(NC(C(=O)O)C(C)C)CC1. The first-order valence-electron chi connectivity index (χ1n) is 7.03. The van der Waals surface area contributed by atoms with Crippen molar-refractivity contribution in [2.24, 2.45) is 11.8 Å². The fourth-order valence-corrected chi connectivity index (χ4v) is 2.76. The molecule has 1 aliphatic rings. The molecule has 17 heavy (non-hydrogen) atoms. The minimum Gasteiger partial charge on any atom is -0.480 e. The molecule has 2 N–H and O–H groups in total. The summed E-state index contributed by atoms with van der Waals surface area (Å²) in [6.07, 6.45) is 7.33. The third kappa shape index (κ3) is 4.66. The van der Waals surface area contributed by atoms with E-state index in [0.29, 0.717) is 6.04 Å². The highest BCUT2D eigenvalue weighted by molar-refractivity contribution is 5.73. The number of nitrogens with one attached hydrogen (secondary N) is 1. The highest BCUT2D eigenvalue weighted by atomic mass is 16.4. The van der Waals surface area contributed by atoms with Gasteiger partial charge >= 0.3 is 5.97 Å². The van der Waals surface area contributed by atoms with Crippen LogP contribution in [-0.2, 0) is 4.79 Å². The lowest BCUT2D eigenvalue weighted by Crippen LogP contribution is -2.46. The van der Waals surface area contributed by atoms with Crippen molar-refractivity contribution in [2.45, 2.75) is 71.4 Å². The van der Waals surface area contributed by atoms with Gasteiger partial charge in [0.2, 0.25) is 0 Å². The van der Waals surface area contributed by atoms with Gasteiger partial charge in [-0.3, -0.25) is 4.79 Å². The molecule has 0 aromatic carbocycles. The van der Waals surface area contributed by atoms with Gasteiger partial charge in [0.15, 0.2) is 0 Å². The van der Waals surface area contributed by atoms with Crippen molar-refractivity contribution < 1.29 is 9.90 Å². The molecule has 0 radical (unpaired) electrons. The fraction of sp³-hybridized carbons (Fsp3) is 0.929. The first kappa shape index (κ1) is 14.5. The second kappa shape index (κ2) is 7.00. The van der Waals surface area contributed by atoms with Gasteiger partial charge in [-0.1, -0.05) is 40.0 Å². The van der Waals surface area contributed by atoms with Crippen molar-refractivity contribution in [3.8, 4) is 0 Å². The predicted molar refractivity (Wildman–Crippen MR) is 70.1 cm³/mol. The maximum absolute atomic E-state index is 11.2. The van der Waals surface area contributed by atoms with E-state index in [1.165, 1.54) is 25.7 Å². The van der Waals surface area contributed by atoms with Crippen LogP contribution in [-0.4, -0.2) is 23.2 Å². The molecule has 0 spiro atoms. The number of carbonyl (C=O) groups is 1. The van der Waals surface area contributed by atoms with Crippen molar-refractivity contribution in [1.29, 1.82) is 0 Å². The van der Waals surface area contributed by atoms with Crippen molar-refractivity contribution in [2.75, 3.05) is 0 Å². The van der Waals surface area contributed by atoms with Crippen molar-refractivity contribution >= 4 is 5.97 Å². The smallest absolute Gasteiger partial charge is 0.320 e. The van der Waals surface area contributed by atoms with Crippen LogP contribution in [0.15, 0.2) is 0 Å². The summed E-state index contributed by atoms with van der Waals surface area (Å²) in [5.41, 5.74) is 0. The van der Waals surface area contributed by atoms with E-state index in [2.05, 4.69) is 12.2 Å². The number of aliphatic carboxylic acids is 1. The van der Waals surface area contributed by atoms with E-state index in [4.69, 9.17) is 0 Å². The van der Waals surface area contributed by atoms with E-state index in [-0.39, 0.29) is 5.92 Å². The molecule has 1 rings (SSSR count). The Morgan fingerprint density at radius 3 is 2.53 bits per heavy atom. The standard InChI is InChI=1S/C14H27NO2/c1-4-11-6-5-7-12(9-8-11)15-13(10(2)3)14(16)17/h10-13,15H,4-9H2,1-3H3,(H,16,17). The van der Waals surface area contributed by atoms with Crippen LogP contribution in [0.5, 0.6) is 0 Å². The molecule has 3 nitrogen and oxygen atoms in total. The molecule has 0 bridgehead atoms. The van der Waals surface area contributed by atoms with Crippen LogP contribution in [0.2, 0.25) is 0 Å². The first-order valence-corrected chi connectivity index (χ1v) is 7.03. The molecule has 100 valence electrons. The van der Waals surface area contributed by atoms with Gasteiger partial charge in [-0.05, 0) is 31.1 Å².